The minimum Gasteiger partial charge on any atom is -0.362 e. The number of aryl methyl sites for hydroxylation is 4. The van der Waals surface area contributed by atoms with Crippen LogP contribution in [0.5, 0.6) is 0 Å². The summed E-state index contributed by atoms with van der Waals surface area (Å²) in [6.07, 6.45) is 3.08. The smallest absolute Gasteiger partial charge is 0.0423 e. The van der Waals surface area contributed by atoms with Crippen LogP contribution in [0.15, 0.2) is 36.9 Å². The third kappa shape index (κ3) is 2.65. The minimum absolute atomic E-state index is 0.251. The van der Waals surface area contributed by atoms with Gasteiger partial charge in [-0.15, -0.1) is 6.58 Å². The number of hydrogen-bond donors (Lipinski definition) is 1. The number of benzene rings is 1. The second-order valence-electron chi connectivity index (χ2n) is 5.32. The van der Waals surface area contributed by atoms with Gasteiger partial charge >= 0.3 is 0 Å². The molecule has 0 amide bonds. The van der Waals surface area contributed by atoms with Gasteiger partial charge in [-0.1, -0.05) is 30.7 Å². The molecule has 1 N–H and O–H groups in total. The van der Waals surface area contributed by atoms with Crippen molar-refractivity contribution in [1.29, 1.82) is 0 Å². The number of aromatic nitrogens is 1. The molecule has 0 bridgehead atoms. The average molecular weight is 253 g/mol. The fourth-order valence-electron chi connectivity index (χ4n) is 2.93. The van der Waals surface area contributed by atoms with Gasteiger partial charge in [-0.25, -0.2) is 0 Å². The molecule has 1 aromatic heterocycles. The summed E-state index contributed by atoms with van der Waals surface area (Å²) in [5, 5.41) is 0. The molecule has 0 radical (unpaired) electrons. The Hall–Kier alpha value is -1.76. The topological polar surface area (TPSA) is 15.8 Å². The van der Waals surface area contributed by atoms with E-state index in [-0.39, 0.29) is 5.92 Å². The summed E-state index contributed by atoms with van der Waals surface area (Å²) in [7, 11) is 0. The number of H-pyrrole nitrogens is 1. The van der Waals surface area contributed by atoms with Crippen molar-refractivity contribution in [2.24, 2.45) is 0 Å². The van der Waals surface area contributed by atoms with Crippen molar-refractivity contribution < 1.29 is 0 Å². The van der Waals surface area contributed by atoms with Gasteiger partial charge in [0, 0.05) is 17.3 Å². The molecule has 2 rings (SSSR count). The predicted molar refractivity (Wildman–Crippen MR) is 82.9 cm³/mol. The van der Waals surface area contributed by atoms with E-state index >= 15 is 0 Å². The van der Waals surface area contributed by atoms with Crippen LogP contribution in [0.3, 0.4) is 0 Å². The number of nitrogens with one attached hydrogen (secondary N) is 1. The molecule has 1 nitrogen and oxygen atoms in total. The number of allylic oxidation sites excluding steroid dienone is 1. The van der Waals surface area contributed by atoms with E-state index in [0.29, 0.717) is 0 Å². The lowest BCUT2D eigenvalue weighted by Gasteiger charge is -2.18. The van der Waals surface area contributed by atoms with Crippen LogP contribution in [-0.4, -0.2) is 4.98 Å². The zero-order valence-corrected chi connectivity index (χ0v) is 12.4. The summed E-state index contributed by atoms with van der Waals surface area (Å²) >= 11 is 0. The lowest BCUT2D eigenvalue weighted by atomic mass is 9.87. The van der Waals surface area contributed by atoms with E-state index in [0.717, 1.165) is 6.42 Å². The van der Waals surface area contributed by atoms with Gasteiger partial charge in [0.2, 0.25) is 0 Å². The van der Waals surface area contributed by atoms with Gasteiger partial charge in [-0.2, -0.15) is 0 Å². The Morgan fingerprint density at radius 3 is 2.26 bits per heavy atom. The van der Waals surface area contributed by atoms with E-state index in [4.69, 9.17) is 0 Å². The Morgan fingerprint density at radius 2 is 1.79 bits per heavy atom. The maximum absolute atomic E-state index is 4.03. The summed E-state index contributed by atoms with van der Waals surface area (Å²) in [5.74, 6) is 0.251. The van der Waals surface area contributed by atoms with Crippen LogP contribution in [0.2, 0.25) is 0 Å². The number of aromatic amines is 1. The maximum atomic E-state index is 4.03. The highest BCUT2D eigenvalue weighted by molar-refractivity contribution is 5.45. The molecule has 0 aliphatic heterocycles. The van der Waals surface area contributed by atoms with Gasteiger partial charge in [-0.05, 0) is 56.0 Å². The molecule has 0 saturated heterocycles. The highest BCUT2D eigenvalue weighted by Gasteiger charge is 2.17. The Morgan fingerprint density at radius 1 is 1.16 bits per heavy atom. The van der Waals surface area contributed by atoms with Crippen molar-refractivity contribution in [1.82, 2.24) is 4.98 Å². The highest BCUT2D eigenvalue weighted by atomic mass is 14.7. The first-order valence-corrected chi connectivity index (χ1v) is 6.94. The van der Waals surface area contributed by atoms with Crippen molar-refractivity contribution >= 4 is 0 Å². The van der Waals surface area contributed by atoms with Crippen LogP contribution in [0.4, 0.5) is 0 Å². The fraction of sp³-hybridized carbons (Fsp3) is 0.333. The van der Waals surface area contributed by atoms with Gasteiger partial charge < -0.3 is 4.98 Å². The molecule has 1 aromatic carbocycles. The quantitative estimate of drug-likeness (QED) is 0.752. The lowest BCUT2D eigenvalue weighted by molar-refractivity contribution is 0.923. The average Bonchev–Trinajstić information content (AvgIpc) is 2.81. The summed E-state index contributed by atoms with van der Waals surface area (Å²) < 4.78 is 0. The molecule has 1 atom stereocenters. The third-order valence-electron chi connectivity index (χ3n) is 3.77. The summed E-state index contributed by atoms with van der Waals surface area (Å²) in [6, 6.07) is 8.86. The Bertz CT molecular complexity index is 566. The van der Waals surface area contributed by atoms with Gasteiger partial charge in [0.25, 0.3) is 0 Å². The second-order valence-corrected chi connectivity index (χ2v) is 5.32. The Balaban J connectivity index is 2.50. The molecule has 2 aromatic rings. The van der Waals surface area contributed by atoms with E-state index in [1.54, 1.807) is 0 Å². The molecule has 1 heteroatoms. The molecule has 1 heterocycles. The van der Waals surface area contributed by atoms with Crippen LogP contribution >= 0.6 is 0 Å². The van der Waals surface area contributed by atoms with Crippen molar-refractivity contribution in [3.63, 3.8) is 0 Å². The van der Waals surface area contributed by atoms with Gasteiger partial charge in [0.15, 0.2) is 0 Å². The van der Waals surface area contributed by atoms with Gasteiger partial charge in [0.05, 0.1) is 0 Å². The maximum Gasteiger partial charge on any atom is 0.0423 e. The fourth-order valence-corrected chi connectivity index (χ4v) is 2.93. The zero-order valence-electron chi connectivity index (χ0n) is 12.4. The lowest BCUT2D eigenvalue weighted by Crippen LogP contribution is -2.04. The number of hydrogen-bond acceptors (Lipinski definition) is 0. The van der Waals surface area contributed by atoms with E-state index < -0.39 is 0 Å². The Kier molecular flexibility index (Phi) is 3.94. The van der Waals surface area contributed by atoms with Crippen LogP contribution in [0.25, 0.3) is 0 Å². The Labute approximate surface area is 116 Å². The summed E-state index contributed by atoms with van der Waals surface area (Å²) in [5.41, 5.74) is 7.91. The van der Waals surface area contributed by atoms with Gasteiger partial charge in [-0.3, -0.25) is 0 Å². The largest absolute Gasteiger partial charge is 0.362 e. The summed E-state index contributed by atoms with van der Waals surface area (Å²) in [6.45, 7) is 12.7. The molecule has 0 saturated carbocycles. The monoisotopic (exact) mass is 253 g/mol. The van der Waals surface area contributed by atoms with Crippen molar-refractivity contribution in [2.75, 3.05) is 0 Å². The molecule has 19 heavy (non-hydrogen) atoms. The SMILES string of the molecule is C=CC(c1ccc(CC)[nH]1)c1c(C)cc(C)cc1C. The first-order valence-electron chi connectivity index (χ1n) is 6.94. The first kappa shape index (κ1) is 13.7. The van der Waals surface area contributed by atoms with Gasteiger partial charge in [0.1, 0.15) is 0 Å². The molecule has 1 unspecified atom stereocenters. The van der Waals surface area contributed by atoms with Crippen LogP contribution in [-0.2, 0) is 6.42 Å². The first-order chi connectivity index (χ1) is 9.06. The second kappa shape index (κ2) is 5.48. The van der Waals surface area contributed by atoms with Crippen molar-refractivity contribution in [3.8, 4) is 0 Å². The number of rotatable bonds is 4. The normalized spacial score (nSPS) is 12.4. The third-order valence-corrected chi connectivity index (χ3v) is 3.77. The predicted octanol–water partition coefficient (Wildman–Crippen LogP) is 4.82. The summed E-state index contributed by atoms with van der Waals surface area (Å²) in [4.78, 5) is 3.51. The zero-order chi connectivity index (χ0) is 14.0. The van der Waals surface area contributed by atoms with E-state index in [9.17, 15) is 0 Å². The van der Waals surface area contributed by atoms with Crippen LogP contribution in [0, 0.1) is 20.8 Å². The van der Waals surface area contributed by atoms with Crippen LogP contribution < -0.4 is 0 Å². The van der Waals surface area contributed by atoms with E-state index in [1.807, 2.05) is 6.08 Å². The van der Waals surface area contributed by atoms with Crippen molar-refractivity contribution in [2.45, 2.75) is 40.0 Å². The van der Waals surface area contributed by atoms with Crippen LogP contribution in [0.1, 0.15) is 46.5 Å². The van der Waals surface area contributed by atoms with Crippen molar-refractivity contribution in [3.05, 3.63) is 70.6 Å². The molecule has 0 aliphatic rings. The molecule has 0 aliphatic carbocycles. The van der Waals surface area contributed by atoms with E-state index in [1.165, 1.54) is 33.6 Å². The highest BCUT2D eigenvalue weighted by Crippen LogP contribution is 2.31. The minimum atomic E-state index is 0.251. The molecular weight excluding hydrogens is 230 g/mol. The molecule has 0 fully saturated rings. The molecule has 0 spiro atoms. The molecule has 100 valence electrons. The standard InChI is InChI=1S/C18H23N/c1-6-15-8-9-17(19-15)16(7-2)18-13(4)10-12(3)11-14(18)5/h7-11,16,19H,2,6H2,1,3-5H3. The molecular formula is C18H23N. The van der Waals surface area contributed by atoms with E-state index in [2.05, 4.69) is 63.5 Å².